The molecular weight excluding hydrogens is 556 g/mol. The van der Waals surface area contributed by atoms with E-state index in [1.54, 1.807) is 0 Å². The highest BCUT2D eigenvalue weighted by atomic mass is 28.4. The maximum Gasteiger partial charge on any atom is 0.309 e. The van der Waals surface area contributed by atoms with E-state index in [1.165, 1.54) is 5.57 Å². The number of carbonyl (C=O) groups is 1. The molecule has 43 heavy (non-hydrogen) atoms. The molecule has 2 heterocycles. The Morgan fingerprint density at radius 2 is 1.72 bits per heavy atom. The van der Waals surface area contributed by atoms with Crippen molar-refractivity contribution in [3.8, 4) is 0 Å². The number of hydrogen-bond donors (Lipinski definition) is 0. The first-order valence-corrected chi connectivity index (χ1v) is 20.5. The molecule has 5 aliphatic rings. The summed E-state index contributed by atoms with van der Waals surface area (Å²) in [7, 11) is -1.94. The molecule has 0 aromatic rings. The second-order valence-corrected chi connectivity index (χ2v) is 20.7. The molecule has 2 unspecified atom stereocenters. The lowest BCUT2D eigenvalue weighted by atomic mass is 9.65. The van der Waals surface area contributed by atoms with Crippen molar-refractivity contribution in [2.45, 2.75) is 161 Å². The van der Waals surface area contributed by atoms with E-state index in [1.807, 2.05) is 0 Å². The van der Waals surface area contributed by atoms with Crippen LogP contribution in [0.1, 0.15) is 112 Å². The Hall–Kier alpha value is -0.993. The van der Waals surface area contributed by atoms with Crippen LogP contribution in [0, 0.1) is 29.6 Å². The largest absolute Gasteiger partial charge is 0.461 e. The summed E-state index contributed by atoms with van der Waals surface area (Å²) in [5.41, 5.74) is 1.37. The number of ether oxygens (including phenoxy) is 4. The molecular formula is C36H60O6Si. The van der Waals surface area contributed by atoms with Gasteiger partial charge in [0, 0.05) is 18.9 Å². The predicted molar refractivity (Wildman–Crippen MR) is 173 cm³/mol. The van der Waals surface area contributed by atoms with Crippen LogP contribution in [0.25, 0.3) is 0 Å². The fourth-order valence-electron chi connectivity index (χ4n) is 7.89. The van der Waals surface area contributed by atoms with E-state index in [2.05, 4.69) is 65.9 Å². The van der Waals surface area contributed by atoms with Gasteiger partial charge in [-0.2, -0.15) is 0 Å². The van der Waals surface area contributed by atoms with Gasteiger partial charge in [-0.3, -0.25) is 4.79 Å². The fourth-order valence-corrected chi connectivity index (χ4v) is 9.27. The summed E-state index contributed by atoms with van der Waals surface area (Å²) in [6.07, 6.45) is 18.8. The third kappa shape index (κ3) is 8.43. The number of rotatable bonds is 9. The third-order valence-electron chi connectivity index (χ3n) is 11.4. The number of esters is 1. The van der Waals surface area contributed by atoms with Crippen LogP contribution >= 0.6 is 0 Å². The molecule has 244 valence electrons. The van der Waals surface area contributed by atoms with Crippen molar-refractivity contribution in [1.82, 2.24) is 0 Å². The van der Waals surface area contributed by atoms with Gasteiger partial charge in [0.25, 0.3) is 0 Å². The molecule has 9 atom stereocenters. The van der Waals surface area contributed by atoms with E-state index < -0.39 is 8.32 Å². The van der Waals surface area contributed by atoms with Gasteiger partial charge in [-0.15, -0.1) is 0 Å². The predicted octanol–water partition coefficient (Wildman–Crippen LogP) is 8.71. The third-order valence-corrected chi connectivity index (χ3v) is 15.9. The van der Waals surface area contributed by atoms with Gasteiger partial charge >= 0.3 is 5.97 Å². The van der Waals surface area contributed by atoms with Crippen molar-refractivity contribution in [1.29, 1.82) is 0 Å². The van der Waals surface area contributed by atoms with Gasteiger partial charge in [0.2, 0.25) is 0 Å². The quantitative estimate of drug-likeness (QED) is 0.191. The second-order valence-electron chi connectivity index (χ2n) is 15.9. The summed E-state index contributed by atoms with van der Waals surface area (Å²) in [4.78, 5) is 13.2. The molecule has 0 spiro atoms. The van der Waals surface area contributed by atoms with Crippen LogP contribution in [0.2, 0.25) is 18.1 Å². The van der Waals surface area contributed by atoms with Crippen molar-refractivity contribution in [3.05, 3.63) is 23.8 Å². The van der Waals surface area contributed by atoms with E-state index in [9.17, 15) is 4.79 Å². The first kappa shape index (κ1) is 33.4. The average Bonchev–Trinajstić information content (AvgIpc) is 3.48. The van der Waals surface area contributed by atoms with Crippen LogP contribution in [0.15, 0.2) is 23.8 Å². The smallest absolute Gasteiger partial charge is 0.309 e. The Labute approximate surface area is 262 Å². The minimum atomic E-state index is -1.94. The highest BCUT2D eigenvalue weighted by Crippen LogP contribution is 2.46. The van der Waals surface area contributed by atoms with Crippen molar-refractivity contribution in [2.75, 3.05) is 6.61 Å². The lowest BCUT2D eigenvalue weighted by molar-refractivity contribution is -0.288. The maximum absolute atomic E-state index is 13.2. The molecule has 6 nitrogen and oxygen atoms in total. The van der Waals surface area contributed by atoms with Gasteiger partial charge in [-0.1, -0.05) is 65.7 Å². The normalized spacial score (nSPS) is 37.6. The first-order valence-electron chi connectivity index (χ1n) is 17.6. The van der Waals surface area contributed by atoms with Crippen LogP contribution in [0.4, 0.5) is 0 Å². The van der Waals surface area contributed by atoms with E-state index in [4.69, 9.17) is 23.4 Å². The molecule has 3 aliphatic carbocycles. The average molecular weight is 617 g/mol. The number of hydrogen-bond acceptors (Lipinski definition) is 6. The van der Waals surface area contributed by atoms with Crippen LogP contribution in [0.3, 0.4) is 0 Å². The molecule has 1 saturated carbocycles. The summed E-state index contributed by atoms with van der Waals surface area (Å²) in [5.74, 6) is 1.65. The molecule has 0 radical (unpaired) electrons. The molecule has 3 fully saturated rings. The molecule has 0 aromatic carbocycles. The summed E-state index contributed by atoms with van der Waals surface area (Å²) in [5, 5.41) is 0.152. The minimum Gasteiger partial charge on any atom is -0.461 e. The van der Waals surface area contributed by atoms with Crippen molar-refractivity contribution in [2.24, 2.45) is 29.6 Å². The molecule has 5 rings (SSSR count). The zero-order valence-corrected chi connectivity index (χ0v) is 29.1. The highest BCUT2D eigenvalue weighted by molar-refractivity contribution is 6.74. The Balaban J connectivity index is 1.28. The highest BCUT2D eigenvalue weighted by Gasteiger charge is 2.45. The summed E-state index contributed by atoms with van der Waals surface area (Å²) in [6.45, 7) is 17.0. The Kier molecular flexibility index (Phi) is 11.0. The van der Waals surface area contributed by atoms with Crippen LogP contribution in [-0.4, -0.2) is 51.8 Å². The van der Waals surface area contributed by atoms with Crippen LogP contribution in [-0.2, 0) is 28.2 Å². The molecule has 2 aliphatic heterocycles. The summed E-state index contributed by atoms with van der Waals surface area (Å²) >= 11 is 0. The molecule has 0 aromatic heterocycles. The lowest BCUT2D eigenvalue weighted by Crippen LogP contribution is -2.49. The monoisotopic (exact) mass is 616 g/mol. The SMILES string of the molecule is C[C@H]1C=C2C=C[C@H](C)[C@H](CC[C@@H]3C[C@@H](O[Si](C)(C)C(C)(C)C)CC(OC4CCCCO4)O3)[C@H]2[C@@H](OC(=O)C2CCCC2)C1. The number of allylic oxidation sites excluding steroid dienone is 3. The Bertz CT molecular complexity index is 988. The van der Waals surface area contributed by atoms with Crippen molar-refractivity contribution in [3.63, 3.8) is 0 Å². The second kappa shape index (κ2) is 14.2. The van der Waals surface area contributed by atoms with Gasteiger partial charge in [-0.05, 0) is 99.2 Å². The molecule has 0 amide bonds. The van der Waals surface area contributed by atoms with Crippen molar-refractivity contribution >= 4 is 14.3 Å². The lowest BCUT2D eigenvalue weighted by Gasteiger charge is -2.45. The standard InChI is InChI=1S/C36H60O6Si/c1-24-20-27-16-15-25(2)30(34(27)31(21-24)40-35(37)26-12-8-9-13-26)18-17-28-22-29(42-43(6,7)36(3,4)5)23-33(39-28)41-32-14-10-11-19-38-32/h15-16,20,24-26,28-34H,8-14,17-19,21-23H2,1-7H3/t24-,25-,28+,29+,30-,31-,32?,33?,34-/m0/s1. The number of carbonyl (C=O) groups excluding carboxylic acids is 1. The summed E-state index contributed by atoms with van der Waals surface area (Å²) in [6, 6.07) is 0. The summed E-state index contributed by atoms with van der Waals surface area (Å²) < 4.78 is 32.4. The van der Waals surface area contributed by atoms with E-state index in [0.717, 1.165) is 83.7 Å². The van der Waals surface area contributed by atoms with Gasteiger partial charge in [-0.25, -0.2) is 0 Å². The van der Waals surface area contributed by atoms with Gasteiger partial charge in [0.05, 0.1) is 18.1 Å². The van der Waals surface area contributed by atoms with Crippen LogP contribution in [0.5, 0.6) is 0 Å². The molecule has 0 N–H and O–H groups in total. The van der Waals surface area contributed by atoms with E-state index in [0.29, 0.717) is 17.8 Å². The van der Waals surface area contributed by atoms with Crippen molar-refractivity contribution < 1.29 is 28.2 Å². The van der Waals surface area contributed by atoms with Gasteiger partial charge in [0.1, 0.15) is 6.10 Å². The molecule has 7 heteroatoms. The minimum absolute atomic E-state index is 0.0398. The maximum atomic E-state index is 13.2. The fraction of sp³-hybridized carbons (Fsp3) is 0.861. The Morgan fingerprint density at radius 3 is 2.42 bits per heavy atom. The van der Waals surface area contributed by atoms with E-state index in [-0.39, 0.29) is 53.7 Å². The topological polar surface area (TPSA) is 63.2 Å². The molecule has 2 saturated heterocycles. The Morgan fingerprint density at radius 1 is 0.977 bits per heavy atom. The van der Waals surface area contributed by atoms with Gasteiger partial charge < -0.3 is 23.4 Å². The van der Waals surface area contributed by atoms with E-state index >= 15 is 0 Å². The van der Waals surface area contributed by atoms with Crippen LogP contribution < -0.4 is 0 Å². The zero-order valence-electron chi connectivity index (χ0n) is 28.1. The zero-order chi connectivity index (χ0) is 30.8. The van der Waals surface area contributed by atoms with Gasteiger partial charge in [0.15, 0.2) is 20.9 Å². The molecule has 0 bridgehead atoms. The number of fused-ring (bicyclic) bond motifs is 1. The first-order chi connectivity index (χ1) is 20.4.